The van der Waals surface area contributed by atoms with Gasteiger partial charge in [-0.15, -0.1) is 0 Å². The molecule has 0 spiro atoms. The number of nitrogens with one attached hydrogen (secondary N) is 1. The quantitative estimate of drug-likeness (QED) is 0.584. The minimum atomic E-state index is -2.03. The molecular weight excluding hydrogens is 302 g/mol. The van der Waals surface area contributed by atoms with E-state index in [0.717, 1.165) is 6.92 Å². The molecule has 0 aromatic heterocycles. The van der Waals surface area contributed by atoms with Gasteiger partial charge >= 0.3 is 5.97 Å². The molecule has 0 fully saturated rings. The number of aliphatic hydroxyl groups is 1. The van der Waals surface area contributed by atoms with Gasteiger partial charge in [-0.2, -0.15) is 0 Å². The van der Waals surface area contributed by atoms with Gasteiger partial charge in [0.15, 0.2) is 11.4 Å². The summed E-state index contributed by atoms with van der Waals surface area (Å²) >= 11 is 0. The largest absolute Gasteiger partial charge is 0.494 e. The molecule has 1 amide bonds. The van der Waals surface area contributed by atoms with E-state index in [4.69, 9.17) is 9.84 Å². The molecule has 1 atom stereocenters. The van der Waals surface area contributed by atoms with Crippen LogP contribution < -0.4 is 10.1 Å². The second-order valence-electron chi connectivity index (χ2n) is 5.24. The molecule has 0 aliphatic carbocycles. The minimum absolute atomic E-state index is 0.00493. The van der Waals surface area contributed by atoms with Gasteiger partial charge in [0.25, 0.3) is 0 Å². The number of benzene rings is 1. The summed E-state index contributed by atoms with van der Waals surface area (Å²) < 4.78 is 5.27. The highest BCUT2D eigenvalue weighted by Gasteiger charge is 2.30. The van der Waals surface area contributed by atoms with Crippen LogP contribution >= 0.6 is 0 Å². The van der Waals surface area contributed by atoms with Crippen molar-refractivity contribution in [3.63, 3.8) is 0 Å². The van der Waals surface area contributed by atoms with Crippen molar-refractivity contribution in [2.45, 2.75) is 32.3 Å². The van der Waals surface area contributed by atoms with Crippen LogP contribution in [-0.2, 0) is 9.59 Å². The topological polar surface area (TPSA) is 113 Å². The van der Waals surface area contributed by atoms with Crippen LogP contribution in [0, 0.1) is 0 Å². The highest BCUT2D eigenvalue weighted by atomic mass is 16.5. The van der Waals surface area contributed by atoms with Gasteiger partial charge in [-0.25, -0.2) is 4.79 Å². The van der Waals surface area contributed by atoms with Crippen molar-refractivity contribution in [1.29, 1.82) is 0 Å². The average Bonchev–Trinajstić information content (AvgIpc) is 2.51. The van der Waals surface area contributed by atoms with E-state index in [1.165, 1.54) is 0 Å². The molecule has 3 N–H and O–H groups in total. The summed E-state index contributed by atoms with van der Waals surface area (Å²) in [5.74, 6) is -1.46. The SMILES string of the molecule is CCOc1ccc(C(=O)CCC(=O)NCC(C)(O)C(=O)O)cc1. The predicted molar refractivity (Wildman–Crippen MR) is 82.4 cm³/mol. The Hall–Kier alpha value is -2.41. The van der Waals surface area contributed by atoms with Crippen LogP contribution in [-0.4, -0.2) is 46.6 Å². The monoisotopic (exact) mass is 323 g/mol. The average molecular weight is 323 g/mol. The Bertz CT molecular complexity index is 564. The number of aliphatic carboxylic acids is 1. The van der Waals surface area contributed by atoms with Crippen molar-refractivity contribution in [2.75, 3.05) is 13.2 Å². The fourth-order valence-electron chi connectivity index (χ4n) is 1.71. The number of Topliss-reactive ketones (excluding diaryl/α,β-unsaturated/α-hetero) is 1. The van der Waals surface area contributed by atoms with Crippen molar-refractivity contribution in [1.82, 2.24) is 5.32 Å². The van der Waals surface area contributed by atoms with Crippen molar-refractivity contribution >= 4 is 17.7 Å². The Morgan fingerprint density at radius 3 is 2.30 bits per heavy atom. The molecule has 1 unspecified atom stereocenters. The van der Waals surface area contributed by atoms with Crippen LogP contribution in [0.1, 0.15) is 37.0 Å². The third kappa shape index (κ3) is 6.07. The number of carboxylic acids is 1. The van der Waals surface area contributed by atoms with Crippen LogP contribution in [0.5, 0.6) is 5.75 Å². The molecule has 126 valence electrons. The summed E-state index contributed by atoms with van der Waals surface area (Å²) in [6, 6.07) is 6.61. The van der Waals surface area contributed by atoms with Gasteiger partial charge in [0, 0.05) is 18.4 Å². The maximum absolute atomic E-state index is 12.0. The molecule has 0 heterocycles. The van der Waals surface area contributed by atoms with Crippen LogP contribution in [0.4, 0.5) is 0 Å². The number of carboxylic acid groups (broad SMARTS) is 1. The Kier molecular flexibility index (Phi) is 6.71. The number of carbonyl (C=O) groups excluding carboxylic acids is 2. The smallest absolute Gasteiger partial charge is 0.337 e. The second kappa shape index (κ2) is 8.28. The van der Waals surface area contributed by atoms with Crippen LogP contribution in [0.3, 0.4) is 0 Å². The first-order valence-corrected chi connectivity index (χ1v) is 7.25. The standard InChI is InChI=1S/C16H21NO6/c1-3-23-12-6-4-11(5-7-12)13(18)8-9-14(19)17-10-16(2,22)15(20)21/h4-7,22H,3,8-10H2,1-2H3,(H,17,19)(H,20,21). The Labute approximate surface area is 134 Å². The van der Waals surface area contributed by atoms with E-state index in [1.54, 1.807) is 24.3 Å². The van der Waals surface area contributed by atoms with Gasteiger partial charge in [0.2, 0.25) is 5.91 Å². The Morgan fingerprint density at radius 2 is 1.78 bits per heavy atom. The van der Waals surface area contributed by atoms with E-state index in [9.17, 15) is 19.5 Å². The zero-order chi connectivity index (χ0) is 17.5. The molecule has 0 radical (unpaired) electrons. The minimum Gasteiger partial charge on any atom is -0.494 e. The van der Waals surface area contributed by atoms with Gasteiger partial charge in [0.05, 0.1) is 13.2 Å². The lowest BCUT2D eigenvalue weighted by molar-refractivity contribution is -0.156. The predicted octanol–water partition coefficient (Wildman–Crippen LogP) is 1.000. The van der Waals surface area contributed by atoms with Gasteiger partial charge in [-0.1, -0.05) is 0 Å². The van der Waals surface area contributed by atoms with E-state index in [-0.39, 0.29) is 18.6 Å². The fourth-order valence-corrected chi connectivity index (χ4v) is 1.71. The second-order valence-corrected chi connectivity index (χ2v) is 5.24. The van der Waals surface area contributed by atoms with Gasteiger partial charge in [0.1, 0.15) is 5.75 Å². The third-order valence-corrected chi connectivity index (χ3v) is 3.16. The lowest BCUT2D eigenvalue weighted by atomic mass is 10.1. The molecule has 0 saturated carbocycles. The van der Waals surface area contributed by atoms with Gasteiger partial charge < -0.3 is 20.3 Å². The number of hydrogen-bond acceptors (Lipinski definition) is 5. The maximum atomic E-state index is 12.0. The van der Waals surface area contributed by atoms with E-state index < -0.39 is 24.0 Å². The van der Waals surface area contributed by atoms with E-state index in [1.807, 2.05) is 6.92 Å². The molecule has 1 aromatic carbocycles. The molecule has 0 bridgehead atoms. The number of ether oxygens (including phenoxy) is 1. The van der Waals surface area contributed by atoms with Crippen LogP contribution in [0.15, 0.2) is 24.3 Å². The summed E-state index contributed by atoms with van der Waals surface area (Å²) in [6.45, 7) is 3.06. The van der Waals surface area contributed by atoms with Crippen molar-refractivity contribution in [3.05, 3.63) is 29.8 Å². The third-order valence-electron chi connectivity index (χ3n) is 3.16. The molecule has 1 rings (SSSR count). The molecule has 23 heavy (non-hydrogen) atoms. The molecule has 0 aliphatic rings. The number of carbonyl (C=O) groups is 3. The van der Waals surface area contributed by atoms with Crippen molar-refractivity contribution in [3.8, 4) is 5.75 Å². The molecule has 0 aliphatic heterocycles. The van der Waals surface area contributed by atoms with Gasteiger partial charge in [-0.3, -0.25) is 9.59 Å². The Balaban J connectivity index is 2.43. The highest BCUT2D eigenvalue weighted by molar-refractivity contribution is 5.98. The first-order valence-electron chi connectivity index (χ1n) is 7.25. The van der Waals surface area contributed by atoms with E-state index in [0.29, 0.717) is 17.9 Å². The number of rotatable bonds is 9. The van der Waals surface area contributed by atoms with E-state index >= 15 is 0 Å². The zero-order valence-electron chi connectivity index (χ0n) is 13.2. The lowest BCUT2D eigenvalue weighted by Gasteiger charge is -2.18. The summed E-state index contributed by atoms with van der Waals surface area (Å²) in [7, 11) is 0. The normalized spacial score (nSPS) is 13.0. The molecule has 1 aromatic rings. The maximum Gasteiger partial charge on any atom is 0.337 e. The Morgan fingerprint density at radius 1 is 1.17 bits per heavy atom. The van der Waals surface area contributed by atoms with Crippen LogP contribution in [0.25, 0.3) is 0 Å². The zero-order valence-corrected chi connectivity index (χ0v) is 13.2. The van der Waals surface area contributed by atoms with Crippen LogP contribution in [0.2, 0.25) is 0 Å². The summed E-state index contributed by atoms with van der Waals surface area (Å²) in [5, 5.41) is 20.5. The molecule has 0 saturated heterocycles. The molecule has 7 heteroatoms. The summed E-state index contributed by atoms with van der Waals surface area (Å²) in [6.07, 6.45) is -0.0865. The number of hydrogen-bond donors (Lipinski definition) is 3. The number of ketones is 1. The highest BCUT2D eigenvalue weighted by Crippen LogP contribution is 2.14. The van der Waals surface area contributed by atoms with Crippen molar-refractivity contribution in [2.24, 2.45) is 0 Å². The lowest BCUT2D eigenvalue weighted by Crippen LogP contribution is -2.46. The first kappa shape index (κ1) is 18.6. The molecular formula is C16H21NO6. The van der Waals surface area contributed by atoms with Gasteiger partial charge in [-0.05, 0) is 38.1 Å². The fraction of sp³-hybridized carbons (Fsp3) is 0.438. The summed E-state index contributed by atoms with van der Waals surface area (Å²) in [4.78, 5) is 34.3. The summed E-state index contributed by atoms with van der Waals surface area (Å²) in [5.41, 5.74) is -1.56. The van der Waals surface area contributed by atoms with E-state index in [2.05, 4.69) is 5.32 Å². The molecule has 7 nitrogen and oxygen atoms in total. The number of amides is 1. The first-order chi connectivity index (χ1) is 10.8. The van der Waals surface area contributed by atoms with Crippen molar-refractivity contribution < 1.29 is 29.3 Å².